The summed E-state index contributed by atoms with van der Waals surface area (Å²) < 4.78 is 5.76. The summed E-state index contributed by atoms with van der Waals surface area (Å²) in [4.78, 5) is 21.8. The summed E-state index contributed by atoms with van der Waals surface area (Å²) in [6.45, 7) is 9.22. The van der Waals surface area contributed by atoms with Crippen LogP contribution >= 0.6 is 11.3 Å². The lowest BCUT2D eigenvalue weighted by Crippen LogP contribution is -2.52. The van der Waals surface area contributed by atoms with E-state index in [1.165, 1.54) is 5.69 Å². The van der Waals surface area contributed by atoms with Gasteiger partial charge >= 0.3 is 0 Å². The van der Waals surface area contributed by atoms with Crippen molar-refractivity contribution in [3.8, 4) is 5.75 Å². The summed E-state index contributed by atoms with van der Waals surface area (Å²) >= 11 is 1.61. The SMILES string of the molecule is Cc1nc(COc2ccc(C(=O)NCC(C)N3CCN(c4ccccc4)CC3)cc2)cs1. The Labute approximate surface area is 193 Å². The molecule has 1 aliphatic heterocycles. The van der Waals surface area contributed by atoms with Gasteiger partial charge in [0.25, 0.3) is 5.91 Å². The molecule has 168 valence electrons. The molecule has 32 heavy (non-hydrogen) atoms. The summed E-state index contributed by atoms with van der Waals surface area (Å²) in [7, 11) is 0. The number of thiazole rings is 1. The molecule has 4 rings (SSSR count). The highest BCUT2D eigenvalue weighted by atomic mass is 32.1. The highest BCUT2D eigenvalue weighted by Crippen LogP contribution is 2.17. The molecule has 3 aromatic rings. The number of hydrogen-bond acceptors (Lipinski definition) is 6. The third kappa shape index (κ3) is 5.87. The number of rotatable bonds is 8. The molecule has 1 amide bonds. The van der Waals surface area contributed by atoms with Gasteiger partial charge in [-0.1, -0.05) is 18.2 Å². The Morgan fingerprint density at radius 1 is 1.09 bits per heavy atom. The van der Waals surface area contributed by atoms with Gasteiger partial charge in [-0.2, -0.15) is 0 Å². The minimum atomic E-state index is -0.0542. The van der Waals surface area contributed by atoms with Crippen molar-refractivity contribution in [3.05, 3.63) is 76.2 Å². The van der Waals surface area contributed by atoms with Crippen LogP contribution in [0.5, 0.6) is 5.75 Å². The van der Waals surface area contributed by atoms with Crippen LogP contribution in [-0.2, 0) is 6.61 Å². The number of hydrogen-bond donors (Lipinski definition) is 1. The Kier molecular flexibility index (Phi) is 7.39. The zero-order chi connectivity index (χ0) is 22.3. The van der Waals surface area contributed by atoms with Gasteiger partial charge in [0.2, 0.25) is 0 Å². The number of nitrogens with zero attached hydrogens (tertiary/aromatic N) is 3. The van der Waals surface area contributed by atoms with Crippen LogP contribution in [0.15, 0.2) is 60.0 Å². The number of anilines is 1. The lowest BCUT2D eigenvalue weighted by Gasteiger charge is -2.39. The number of amides is 1. The maximum absolute atomic E-state index is 12.6. The first-order valence-electron chi connectivity index (χ1n) is 11.0. The van der Waals surface area contributed by atoms with Crippen molar-refractivity contribution in [2.75, 3.05) is 37.6 Å². The van der Waals surface area contributed by atoms with Crippen LogP contribution in [0.4, 0.5) is 5.69 Å². The predicted octanol–water partition coefficient (Wildman–Crippen LogP) is 3.97. The molecule has 1 saturated heterocycles. The van der Waals surface area contributed by atoms with Gasteiger partial charge in [0.15, 0.2) is 0 Å². The van der Waals surface area contributed by atoms with Crippen LogP contribution in [0.1, 0.15) is 28.0 Å². The molecular weight excluding hydrogens is 420 g/mol. The number of piperazine rings is 1. The molecule has 0 radical (unpaired) electrons. The van der Waals surface area contributed by atoms with Gasteiger partial charge in [0.05, 0.1) is 10.7 Å². The van der Waals surface area contributed by atoms with Crippen molar-refractivity contribution in [1.82, 2.24) is 15.2 Å². The predicted molar refractivity (Wildman–Crippen MR) is 130 cm³/mol. The quantitative estimate of drug-likeness (QED) is 0.563. The molecule has 0 bridgehead atoms. The average Bonchev–Trinajstić information content (AvgIpc) is 3.27. The summed E-state index contributed by atoms with van der Waals surface area (Å²) in [5.41, 5.74) is 2.85. The van der Waals surface area contributed by atoms with Crippen LogP contribution in [-0.4, -0.2) is 54.6 Å². The van der Waals surface area contributed by atoms with E-state index >= 15 is 0 Å². The number of ether oxygens (including phenoxy) is 1. The van der Waals surface area contributed by atoms with Gasteiger partial charge in [-0.25, -0.2) is 4.98 Å². The van der Waals surface area contributed by atoms with Gasteiger partial charge < -0.3 is 15.0 Å². The third-order valence-corrected chi connectivity index (χ3v) is 6.61. The fraction of sp³-hybridized carbons (Fsp3) is 0.360. The molecule has 7 heteroatoms. The lowest BCUT2D eigenvalue weighted by atomic mass is 10.2. The Morgan fingerprint density at radius 2 is 1.81 bits per heavy atom. The smallest absolute Gasteiger partial charge is 0.251 e. The molecule has 0 spiro atoms. The number of para-hydroxylation sites is 1. The highest BCUT2D eigenvalue weighted by Gasteiger charge is 2.21. The maximum atomic E-state index is 12.6. The van der Waals surface area contributed by atoms with Crippen LogP contribution in [0.3, 0.4) is 0 Å². The Bertz CT molecular complexity index is 998. The van der Waals surface area contributed by atoms with Crippen molar-refractivity contribution < 1.29 is 9.53 Å². The molecule has 2 heterocycles. The average molecular weight is 451 g/mol. The fourth-order valence-corrected chi connectivity index (χ4v) is 4.46. The van der Waals surface area contributed by atoms with Crippen molar-refractivity contribution >= 4 is 22.9 Å². The molecule has 0 aliphatic carbocycles. The zero-order valence-electron chi connectivity index (χ0n) is 18.7. The van der Waals surface area contributed by atoms with E-state index in [1.54, 1.807) is 23.5 Å². The number of aromatic nitrogens is 1. The van der Waals surface area contributed by atoms with Crippen LogP contribution in [0.25, 0.3) is 0 Å². The molecule has 1 fully saturated rings. The second-order valence-corrected chi connectivity index (χ2v) is 9.15. The Morgan fingerprint density at radius 3 is 2.47 bits per heavy atom. The summed E-state index contributed by atoms with van der Waals surface area (Å²) in [5, 5.41) is 6.11. The minimum Gasteiger partial charge on any atom is -0.487 e. The van der Waals surface area contributed by atoms with E-state index in [-0.39, 0.29) is 5.91 Å². The van der Waals surface area contributed by atoms with E-state index in [0.29, 0.717) is 24.8 Å². The molecule has 2 aromatic carbocycles. The monoisotopic (exact) mass is 450 g/mol. The van der Waals surface area contributed by atoms with E-state index in [1.807, 2.05) is 24.4 Å². The summed E-state index contributed by atoms with van der Waals surface area (Å²) in [6.07, 6.45) is 0. The lowest BCUT2D eigenvalue weighted by molar-refractivity contribution is 0.0934. The first kappa shape index (κ1) is 22.3. The summed E-state index contributed by atoms with van der Waals surface area (Å²) in [6, 6.07) is 18.1. The van der Waals surface area contributed by atoms with Crippen LogP contribution in [0.2, 0.25) is 0 Å². The number of carbonyl (C=O) groups is 1. The molecule has 6 nitrogen and oxygen atoms in total. The van der Waals surface area contributed by atoms with Gasteiger partial charge in [-0.3, -0.25) is 9.69 Å². The molecular formula is C25H30N4O2S. The van der Waals surface area contributed by atoms with E-state index in [4.69, 9.17) is 4.74 Å². The molecule has 0 saturated carbocycles. The largest absolute Gasteiger partial charge is 0.487 e. The summed E-state index contributed by atoms with van der Waals surface area (Å²) in [5.74, 6) is 0.679. The third-order valence-electron chi connectivity index (χ3n) is 5.79. The number of carbonyl (C=O) groups excluding carboxylic acids is 1. The molecule has 1 aliphatic rings. The molecule has 1 N–H and O–H groups in total. The van der Waals surface area contributed by atoms with Crippen LogP contribution in [0, 0.1) is 6.92 Å². The van der Waals surface area contributed by atoms with Crippen molar-refractivity contribution in [1.29, 1.82) is 0 Å². The van der Waals surface area contributed by atoms with Gasteiger partial charge in [0.1, 0.15) is 12.4 Å². The normalized spacial score (nSPS) is 15.4. The zero-order valence-corrected chi connectivity index (χ0v) is 19.5. The van der Waals surface area contributed by atoms with Crippen molar-refractivity contribution in [2.45, 2.75) is 26.5 Å². The fourth-order valence-electron chi connectivity index (χ4n) is 3.87. The first-order chi connectivity index (χ1) is 15.6. The molecule has 1 unspecified atom stereocenters. The second kappa shape index (κ2) is 10.6. The van der Waals surface area contributed by atoms with E-state index in [9.17, 15) is 4.79 Å². The molecule has 1 aromatic heterocycles. The minimum absolute atomic E-state index is 0.0542. The number of nitrogens with one attached hydrogen (secondary N) is 1. The first-order valence-corrected chi connectivity index (χ1v) is 11.9. The number of benzene rings is 2. The Balaban J connectivity index is 1.20. The van der Waals surface area contributed by atoms with E-state index < -0.39 is 0 Å². The van der Waals surface area contributed by atoms with Gasteiger partial charge in [0, 0.05) is 55.4 Å². The Hall–Kier alpha value is -2.90. The maximum Gasteiger partial charge on any atom is 0.251 e. The van der Waals surface area contributed by atoms with Crippen molar-refractivity contribution in [2.24, 2.45) is 0 Å². The molecule has 1 atom stereocenters. The standard InChI is InChI=1S/C25H30N4O2S/c1-19(28-12-14-29(15-13-28)23-6-4-3-5-7-23)16-26-25(30)21-8-10-24(11-9-21)31-17-22-18-32-20(2)27-22/h3-11,18-19H,12-17H2,1-2H3,(H,26,30). The van der Waals surface area contributed by atoms with Crippen molar-refractivity contribution in [3.63, 3.8) is 0 Å². The van der Waals surface area contributed by atoms with Crippen LogP contribution < -0.4 is 15.0 Å². The highest BCUT2D eigenvalue weighted by molar-refractivity contribution is 7.09. The number of aryl methyl sites for hydroxylation is 1. The van der Waals surface area contributed by atoms with E-state index in [0.717, 1.165) is 42.6 Å². The van der Waals surface area contributed by atoms with E-state index in [2.05, 4.69) is 57.4 Å². The van der Waals surface area contributed by atoms with Gasteiger partial charge in [-0.15, -0.1) is 11.3 Å². The van der Waals surface area contributed by atoms with Gasteiger partial charge in [-0.05, 0) is 50.2 Å². The topological polar surface area (TPSA) is 57.7 Å². The second-order valence-electron chi connectivity index (χ2n) is 8.09.